The number of nitrogens with zero attached hydrogens (tertiary/aromatic N) is 5. The number of rotatable bonds is 4. The van der Waals surface area contributed by atoms with Crippen molar-refractivity contribution in [3.05, 3.63) is 83.0 Å². The molecule has 2 aromatic heterocycles. The Balaban J connectivity index is 1.54. The fourth-order valence-electron chi connectivity index (χ4n) is 3.06. The molecule has 0 N–H and O–H groups in total. The number of halogens is 1. The van der Waals surface area contributed by atoms with Crippen LogP contribution < -0.4 is 0 Å². The molecule has 2 aromatic carbocycles. The van der Waals surface area contributed by atoms with Gasteiger partial charge in [-0.15, -0.1) is 0 Å². The Bertz CT molecular complexity index is 1170. The lowest BCUT2D eigenvalue weighted by atomic mass is 10.2. The van der Waals surface area contributed by atoms with Gasteiger partial charge < -0.3 is 4.90 Å². The maximum absolute atomic E-state index is 12.8. The van der Waals surface area contributed by atoms with Crippen molar-refractivity contribution in [2.75, 3.05) is 7.05 Å². The van der Waals surface area contributed by atoms with E-state index in [1.807, 2.05) is 43.3 Å². The molecule has 0 fully saturated rings. The van der Waals surface area contributed by atoms with E-state index in [0.717, 1.165) is 22.3 Å². The van der Waals surface area contributed by atoms with E-state index in [1.54, 1.807) is 41.2 Å². The molecule has 28 heavy (non-hydrogen) atoms. The van der Waals surface area contributed by atoms with Gasteiger partial charge in [-0.05, 0) is 31.2 Å². The second-order valence-electron chi connectivity index (χ2n) is 6.56. The van der Waals surface area contributed by atoms with Crippen LogP contribution in [-0.4, -0.2) is 37.6 Å². The largest absolute Gasteiger partial charge is 0.334 e. The molecule has 0 saturated heterocycles. The number of carbonyl (C=O) groups is 1. The summed E-state index contributed by atoms with van der Waals surface area (Å²) in [6.45, 7) is 2.26. The molecular formula is C21H18ClN5O. The second kappa shape index (κ2) is 7.40. The zero-order valence-corrected chi connectivity index (χ0v) is 16.3. The zero-order chi connectivity index (χ0) is 19.7. The number of benzene rings is 2. The molecule has 0 radical (unpaired) electrons. The van der Waals surface area contributed by atoms with Crippen molar-refractivity contribution < 1.29 is 4.79 Å². The van der Waals surface area contributed by atoms with Crippen LogP contribution in [0.15, 0.2) is 60.9 Å². The summed E-state index contributed by atoms with van der Waals surface area (Å²) in [7, 11) is 1.73. The number of fused-ring (bicyclic) bond motifs is 1. The van der Waals surface area contributed by atoms with E-state index in [-0.39, 0.29) is 5.91 Å². The first-order valence-corrected chi connectivity index (χ1v) is 9.17. The van der Waals surface area contributed by atoms with Gasteiger partial charge >= 0.3 is 0 Å². The average molecular weight is 392 g/mol. The summed E-state index contributed by atoms with van der Waals surface area (Å²) in [6, 6.07) is 15.1. The van der Waals surface area contributed by atoms with Gasteiger partial charge in [0.25, 0.3) is 5.91 Å². The molecule has 0 aliphatic heterocycles. The molecule has 0 aliphatic carbocycles. The Morgan fingerprint density at radius 1 is 1.14 bits per heavy atom. The first-order valence-electron chi connectivity index (χ1n) is 8.79. The highest BCUT2D eigenvalue weighted by Crippen LogP contribution is 2.17. The third-order valence-corrected chi connectivity index (χ3v) is 4.70. The van der Waals surface area contributed by atoms with Crippen molar-refractivity contribution in [2.45, 2.75) is 13.5 Å². The molecule has 0 saturated carbocycles. The first kappa shape index (κ1) is 18.1. The highest BCUT2D eigenvalue weighted by Gasteiger charge is 2.16. The van der Waals surface area contributed by atoms with Gasteiger partial charge in [0.05, 0.1) is 29.5 Å². The maximum Gasteiger partial charge on any atom is 0.257 e. The molecular weight excluding hydrogens is 374 g/mol. The van der Waals surface area contributed by atoms with Crippen LogP contribution in [0.1, 0.15) is 21.9 Å². The number of aryl methyl sites for hydroxylation is 1. The lowest BCUT2D eigenvalue weighted by molar-refractivity contribution is 0.0781. The van der Waals surface area contributed by atoms with Crippen LogP contribution in [0.2, 0.25) is 5.02 Å². The number of hydrogen-bond acceptors (Lipinski definition) is 4. The van der Waals surface area contributed by atoms with Gasteiger partial charge in [0.2, 0.25) is 0 Å². The van der Waals surface area contributed by atoms with E-state index in [4.69, 9.17) is 11.6 Å². The van der Waals surface area contributed by atoms with Crippen LogP contribution in [-0.2, 0) is 6.54 Å². The summed E-state index contributed by atoms with van der Waals surface area (Å²) in [5.74, 6) is 0.456. The maximum atomic E-state index is 12.8. The molecule has 140 valence electrons. The molecule has 0 spiro atoms. The first-order chi connectivity index (χ1) is 13.5. The number of para-hydroxylation sites is 1. The highest BCUT2D eigenvalue weighted by atomic mass is 35.5. The molecule has 0 atom stereocenters. The standard InChI is InChI=1S/C21H18ClN5O/c1-14-18-8-3-4-9-19(18)25-20(24-14)13-26(2)21(28)15-11-23-27(12-15)17-7-5-6-16(22)10-17/h3-12H,13H2,1-2H3. The van der Waals surface area contributed by atoms with Crippen molar-refractivity contribution in [3.63, 3.8) is 0 Å². The molecule has 4 rings (SSSR count). The molecule has 0 unspecified atom stereocenters. The number of carbonyl (C=O) groups excluding carboxylic acids is 1. The van der Waals surface area contributed by atoms with Crippen LogP contribution in [0.4, 0.5) is 0 Å². The van der Waals surface area contributed by atoms with Gasteiger partial charge in [0.1, 0.15) is 5.82 Å². The van der Waals surface area contributed by atoms with Crippen molar-refractivity contribution >= 4 is 28.4 Å². The van der Waals surface area contributed by atoms with Crippen molar-refractivity contribution in [2.24, 2.45) is 0 Å². The minimum atomic E-state index is -0.150. The van der Waals surface area contributed by atoms with Crippen LogP contribution in [0.25, 0.3) is 16.6 Å². The number of aromatic nitrogens is 4. The molecule has 7 heteroatoms. The normalized spacial score (nSPS) is 11.0. The Kier molecular flexibility index (Phi) is 4.79. The third kappa shape index (κ3) is 3.59. The summed E-state index contributed by atoms with van der Waals surface area (Å²) in [5.41, 5.74) is 3.05. The van der Waals surface area contributed by atoms with E-state index in [9.17, 15) is 4.79 Å². The smallest absolute Gasteiger partial charge is 0.257 e. The molecule has 1 amide bonds. The van der Waals surface area contributed by atoms with Crippen molar-refractivity contribution in [1.82, 2.24) is 24.6 Å². The van der Waals surface area contributed by atoms with E-state index in [2.05, 4.69) is 15.1 Å². The summed E-state index contributed by atoms with van der Waals surface area (Å²) < 4.78 is 1.63. The molecule has 6 nitrogen and oxygen atoms in total. The summed E-state index contributed by atoms with van der Waals surface area (Å²) in [5, 5.41) is 5.90. The number of hydrogen-bond donors (Lipinski definition) is 0. The Morgan fingerprint density at radius 3 is 2.79 bits per heavy atom. The van der Waals surface area contributed by atoms with E-state index in [1.165, 1.54) is 0 Å². The lowest BCUT2D eigenvalue weighted by Crippen LogP contribution is -2.27. The van der Waals surface area contributed by atoms with Gasteiger partial charge in [-0.1, -0.05) is 35.9 Å². The third-order valence-electron chi connectivity index (χ3n) is 4.47. The second-order valence-corrected chi connectivity index (χ2v) is 6.99. The van der Waals surface area contributed by atoms with Gasteiger partial charge in [-0.25, -0.2) is 14.6 Å². The molecule has 2 heterocycles. The van der Waals surface area contributed by atoms with Crippen LogP contribution in [0.5, 0.6) is 0 Å². The summed E-state index contributed by atoms with van der Waals surface area (Å²) >= 11 is 6.03. The minimum Gasteiger partial charge on any atom is -0.334 e. The summed E-state index contributed by atoms with van der Waals surface area (Å²) in [4.78, 5) is 23.5. The van der Waals surface area contributed by atoms with Gasteiger partial charge in [0.15, 0.2) is 0 Å². The van der Waals surface area contributed by atoms with Crippen LogP contribution in [0.3, 0.4) is 0 Å². The Hall–Kier alpha value is -3.25. The minimum absolute atomic E-state index is 0.150. The fourth-order valence-corrected chi connectivity index (χ4v) is 3.25. The summed E-state index contributed by atoms with van der Waals surface area (Å²) in [6.07, 6.45) is 3.24. The topological polar surface area (TPSA) is 63.9 Å². The quantitative estimate of drug-likeness (QED) is 0.526. The predicted octanol–water partition coefficient (Wildman–Crippen LogP) is 4.05. The highest BCUT2D eigenvalue weighted by molar-refractivity contribution is 6.30. The predicted molar refractivity (Wildman–Crippen MR) is 109 cm³/mol. The van der Waals surface area contributed by atoms with Crippen molar-refractivity contribution in [3.8, 4) is 5.69 Å². The van der Waals surface area contributed by atoms with Gasteiger partial charge in [-0.3, -0.25) is 4.79 Å². The number of amides is 1. The van der Waals surface area contributed by atoms with E-state index >= 15 is 0 Å². The van der Waals surface area contributed by atoms with Crippen LogP contribution >= 0.6 is 11.6 Å². The van der Waals surface area contributed by atoms with Gasteiger partial charge in [0, 0.05) is 29.3 Å². The lowest BCUT2D eigenvalue weighted by Gasteiger charge is -2.16. The van der Waals surface area contributed by atoms with E-state index in [0.29, 0.717) is 23.0 Å². The monoisotopic (exact) mass is 391 g/mol. The van der Waals surface area contributed by atoms with Crippen LogP contribution in [0, 0.1) is 6.92 Å². The molecule has 4 aromatic rings. The Morgan fingerprint density at radius 2 is 1.96 bits per heavy atom. The fraction of sp³-hybridized carbons (Fsp3) is 0.143. The average Bonchev–Trinajstić information content (AvgIpc) is 3.17. The van der Waals surface area contributed by atoms with E-state index < -0.39 is 0 Å². The van der Waals surface area contributed by atoms with Gasteiger partial charge in [-0.2, -0.15) is 5.10 Å². The Labute approximate surface area is 167 Å². The van der Waals surface area contributed by atoms with Crippen molar-refractivity contribution in [1.29, 1.82) is 0 Å². The zero-order valence-electron chi connectivity index (χ0n) is 15.5. The SMILES string of the molecule is Cc1nc(CN(C)C(=O)c2cnn(-c3cccc(Cl)c3)c2)nc2ccccc12. The molecule has 0 bridgehead atoms. The molecule has 0 aliphatic rings.